The maximum atomic E-state index is 11.9. The van der Waals surface area contributed by atoms with Crippen LogP contribution in [-0.4, -0.2) is 19.6 Å². The van der Waals surface area contributed by atoms with Gasteiger partial charge in [-0.1, -0.05) is 12.1 Å². The molecular formula is C17H20N2O3. The first kappa shape index (κ1) is 15.9. The third kappa shape index (κ3) is 4.79. The van der Waals surface area contributed by atoms with E-state index in [0.717, 1.165) is 17.0 Å². The van der Waals surface area contributed by atoms with Crippen LogP contribution in [0.3, 0.4) is 0 Å². The molecule has 0 radical (unpaired) electrons. The molecule has 2 rings (SSSR count). The van der Waals surface area contributed by atoms with Crippen molar-refractivity contribution in [1.82, 2.24) is 0 Å². The van der Waals surface area contributed by atoms with Crippen LogP contribution in [-0.2, 0) is 11.3 Å². The van der Waals surface area contributed by atoms with E-state index >= 15 is 0 Å². The Morgan fingerprint density at radius 3 is 2.55 bits per heavy atom. The monoisotopic (exact) mass is 300 g/mol. The number of nitrogens with one attached hydrogen (secondary N) is 1. The zero-order valence-electron chi connectivity index (χ0n) is 12.5. The average molecular weight is 300 g/mol. The van der Waals surface area contributed by atoms with E-state index in [1.165, 1.54) is 0 Å². The first-order valence-electron chi connectivity index (χ1n) is 7.07. The maximum Gasteiger partial charge on any atom is 0.227 e. The lowest BCUT2D eigenvalue weighted by molar-refractivity contribution is -0.116. The SMILES string of the molecule is COc1ccc(OCCC(=O)Nc2cccc(CN)c2)cc1. The molecular weight excluding hydrogens is 280 g/mol. The Bertz CT molecular complexity index is 612. The van der Waals surface area contributed by atoms with Crippen molar-refractivity contribution in [2.45, 2.75) is 13.0 Å². The first-order valence-corrected chi connectivity index (χ1v) is 7.07. The number of methoxy groups -OCH3 is 1. The second-order valence-corrected chi connectivity index (χ2v) is 4.73. The standard InChI is InChI=1S/C17H20N2O3/c1-21-15-5-7-16(8-6-15)22-10-9-17(20)19-14-4-2-3-13(11-14)12-18/h2-8,11H,9-10,12,18H2,1H3,(H,19,20). The lowest BCUT2D eigenvalue weighted by Crippen LogP contribution is -2.15. The minimum absolute atomic E-state index is 0.0947. The summed E-state index contributed by atoms with van der Waals surface area (Å²) in [5.41, 5.74) is 7.30. The molecule has 0 aliphatic carbocycles. The van der Waals surface area contributed by atoms with Crippen molar-refractivity contribution in [2.75, 3.05) is 19.0 Å². The number of anilines is 1. The molecule has 0 spiro atoms. The number of nitrogens with two attached hydrogens (primary N) is 1. The summed E-state index contributed by atoms with van der Waals surface area (Å²) in [4.78, 5) is 11.9. The van der Waals surface area contributed by atoms with Crippen LogP contribution in [0.5, 0.6) is 11.5 Å². The Kier molecular flexibility index (Phi) is 5.80. The molecule has 0 atom stereocenters. The number of carbonyl (C=O) groups excluding carboxylic acids is 1. The van der Waals surface area contributed by atoms with Gasteiger partial charge in [0.05, 0.1) is 20.1 Å². The van der Waals surface area contributed by atoms with E-state index < -0.39 is 0 Å². The van der Waals surface area contributed by atoms with Crippen LogP contribution < -0.4 is 20.5 Å². The second kappa shape index (κ2) is 8.05. The molecule has 0 heterocycles. The molecule has 5 heteroatoms. The largest absolute Gasteiger partial charge is 0.497 e. The highest BCUT2D eigenvalue weighted by molar-refractivity contribution is 5.90. The lowest BCUT2D eigenvalue weighted by Gasteiger charge is -2.08. The van der Waals surface area contributed by atoms with E-state index in [1.807, 2.05) is 48.5 Å². The molecule has 0 bridgehead atoms. The van der Waals surface area contributed by atoms with Crippen molar-refractivity contribution >= 4 is 11.6 Å². The molecule has 22 heavy (non-hydrogen) atoms. The molecule has 0 unspecified atom stereocenters. The van der Waals surface area contributed by atoms with Crippen molar-refractivity contribution in [1.29, 1.82) is 0 Å². The molecule has 0 aromatic heterocycles. The van der Waals surface area contributed by atoms with E-state index in [0.29, 0.717) is 18.9 Å². The number of hydrogen-bond acceptors (Lipinski definition) is 4. The highest BCUT2D eigenvalue weighted by Crippen LogP contribution is 2.17. The van der Waals surface area contributed by atoms with Gasteiger partial charge in [0.15, 0.2) is 0 Å². The molecule has 5 nitrogen and oxygen atoms in total. The van der Waals surface area contributed by atoms with Crippen molar-refractivity contribution in [2.24, 2.45) is 5.73 Å². The molecule has 0 saturated carbocycles. The topological polar surface area (TPSA) is 73.6 Å². The summed E-state index contributed by atoms with van der Waals surface area (Å²) >= 11 is 0. The minimum atomic E-state index is -0.0947. The van der Waals surface area contributed by atoms with Crippen molar-refractivity contribution < 1.29 is 14.3 Å². The van der Waals surface area contributed by atoms with Crippen molar-refractivity contribution in [3.8, 4) is 11.5 Å². The molecule has 116 valence electrons. The zero-order chi connectivity index (χ0) is 15.8. The Morgan fingerprint density at radius 2 is 1.86 bits per heavy atom. The van der Waals surface area contributed by atoms with Gasteiger partial charge < -0.3 is 20.5 Å². The summed E-state index contributed by atoms with van der Waals surface area (Å²) in [6, 6.07) is 14.7. The Labute approximate surface area is 130 Å². The Hall–Kier alpha value is -2.53. The summed E-state index contributed by atoms with van der Waals surface area (Å²) in [7, 11) is 1.61. The van der Waals surface area contributed by atoms with Crippen LogP contribution in [0.15, 0.2) is 48.5 Å². The number of hydrogen-bond donors (Lipinski definition) is 2. The predicted octanol–water partition coefficient (Wildman–Crippen LogP) is 2.56. The van der Waals surface area contributed by atoms with Gasteiger partial charge >= 0.3 is 0 Å². The van der Waals surface area contributed by atoms with Crippen molar-refractivity contribution in [3.63, 3.8) is 0 Å². The van der Waals surface area contributed by atoms with Crippen LogP contribution in [0, 0.1) is 0 Å². The van der Waals surface area contributed by atoms with Crippen LogP contribution in [0.4, 0.5) is 5.69 Å². The van der Waals surface area contributed by atoms with Crippen LogP contribution in [0.1, 0.15) is 12.0 Å². The third-order valence-electron chi connectivity index (χ3n) is 3.10. The van der Waals surface area contributed by atoms with Crippen LogP contribution in [0.2, 0.25) is 0 Å². The fourth-order valence-electron chi connectivity index (χ4n) is 1.93. The highest BCUT2D eigenvalue weighted by Gasteiger charge is 2.04. The van der Waals surface area contributed by atoms with Crippen LogP contribution in [0.25, 0.3) is 0 Å². The smallest absolute Gasteiger partial charge is 0.227 e. The van der Waals surface area contributed by atoms with Gasteiger partial charge in [-0.2, -0.15) is 0 Å². The summed E-state index contributed by atoms with van der Waals surface area (Å²) in [5.74, 6) is 1.38. The Balaban J connectivity index is 1.77. The second-order valence-electron chi connectivity index (χ2n) is 4.73. The van der Waals surface area contributed by atoms with Crippen molar-refractivity contribution in [3.05, 3.63) is 54.1 Å². The van der Waals surface area contributed by atoms with Gasteiger partial charge in [-0.3, -0.25) is 4.79 Å². The van der Waals surface area contributed by atoms with Gasteiger partial charge in [-0.15, -0.1) is 0 Å². The van der Waals surface area contributed by atoms with Gasteiger partial charge in [0.2, 0.25) is 5.91 Å². The third-order valence-corrected chi connectivity index (χ3v) is 3.10. The molecule has 0 saturated heterocycles. The highest BCUT2D eigenvalue weighted by atomic mass is 16.5. The van der Waals surface area contributed by atoms with Gasteiger partial charge in [0.25, 0.3) is 0 Å². The van der Waals surface area contributed by atoms with Crippen LogP contribution >= 0.6 is 0 Å². The molecule has 0 aliphatic rings. The van der Waals surface area contributed by atoms with Gasteiger partial charge in [0, 0.05) is 12.2 Å². The average Bonchev–Trinajstić information content (AvgIpc) is 2.55. The lowest BCUT2D eigenvalue weighted by atomic mass is 10.2. The number of ether oxygens (including phenoxy) is 2. The molecule has 0 fully saturated rings. The van der Waals surface area contributed by atoms with Gasteiger partial charge in [-0.25, -0.2) is 0 Å². The van der Waals surface area contributed by atoms with E-state index in [1.54, 1.807) is 7.11 Å². The molecule has 2 aromatic carbocycles. The maximum absolute atomic E-state index is 11.9. The predicted molar refractivity (Wildman–Crippen MR) is 86.1 cm³/mol. The number of amides is 1. The first-order chi connectivity index (χ1) is 10.7. The van der Waals surface area contributed by atoms with E-state index in [2.05, 4.69) is 5.32 Å². The Morgan fingerprint density at radius 1 is 1.14 bits per heavy atom. The molecule has 2 aromatic rings. The van der Waals surface area contributed by atoms with E-state index in [4.69, 9.17) is 15.2 Å². The fourth-order valence-corrected chi connectivity index (χ4v) is 1.93. The summed E-state index contributed by atoms with van der Waals surface area (Å²) in [6.07, 6.45) is 0.277. The normalized spacial score (nSPS) is 10.1. The fraction of sp³-hybridized carbons (Fsp3) is 0.235. The zero-order valence-corrected chi connectivity index (χ0v) is 12.5. The summed E-state index contributed by atoms with van der Waals surface area (Å²) < 4.78 is 10.6. The summed E-state index contributed by atoms with van der Waals surface area (Å²) in [6.45, 7) is 0.763. The molecule has 3 N–H and O–H groups in total. The van der Waals surface area contributed by atoms with E-state index in [-0.39, 0.29) is 12.3 Å². The number of carbonyl (C=O) groups is 1. The minimum Gasteiger partial charge on any atom is -0.497 e. The molecule has 1 amide bonds. The summed E-state index contributed by atoms with van der Waals surface area (Å²) in [5, 5.41) is 2.83. The van der Waals surface area contributed by atoms with Gasteiger partial charge in [0.1, 0.15) is 11.5 Å². The molecule has 0 aliphatic heterocycles. The van der Waals surface area contributed by atoms with E-state index in [9.17, 15) is 4.79 Å². The number of rotatable bonds is 7. The number of benzene rings is 2. The van der Waals surface area contributed by atoms with Gasteiger partial charge in [-0.05, 0) is 42.0 Å². The quantitative estimate of drug-likeness (QED) is 0.824.